The summed E-state index contributed by atoms with van der Waals surface area (Å²) in [6.45, 7) is 5.97. The molecule has 0 aromatic heterocycles. The summed E-state index contributed by atoms with van der Waals surface area (Å²) in [6, 6.07) is 1.21. The SMILES string of the molecule is CCOC(CC)(CC)C(N)c1ccc(F)c(F)c1F. The van der Waals surface area contributed by atoms with Crippen molar-refractivity contribution in [3.05, 3.63) is 35.1 Å². The van der Waals surface area contributed by atoms with Gasteiger partial charge in [0, 0.05) is 12.2 Å². The van der Waals surface area contributed by atoms with Gasteiger partial charge < -0.3 is 10.5 Å². The van der Waals surface area contributed by atoms with E-state index in [9.17, 15) is 13.2 Å². The molecule has 1 rings (SSSR count). The molecule has 0 aliphatic rings. The Morgan fingerprint density at radius 3 is 2.16 bits per heavy atom. The lowest BCUT2D eigenvalue weighted by Gasteiger charge is -2.37. The molecule has 0 amide bonds. The van der Waals surface area contributed by atoms with Crippen molar-refractivity contribution in [3.8, 4) is 0 Å². The van der Waals surface area contributed by atoms with Gasteiger partial charge >= 0.3 is 0 Å². The molecule has 0 saturated heterocycles. The summed E-state index contributed by atoms with van der Waals surface area (Å²) in [5.74, 6) is -3.95. The van der Waals surface area contributed by atoms with Gasteiger partial charge in [0.05, 0.1) is 11.6 Å². The minimum atomic E-state index is -1.49. The number of benzene rings is 1. The van der Waals surface area contributed by atoms with Crippen LogP contribution in [-0.2, 0) is 4.74 Å². The highest BCUT2D eigenvalue weighted by atomic mass is 19.2. The van der Waals surface area contributed by atoms with Crippen LogP contribution in [0.1, 0.15) is 45.2 Å². The van der Waals surface area contributed by atoms with Gasteiger partial charge in [0.25, 0.3) is 0 Å². The Kier molecular flexibility index (Phi) is 5.38. The van der Waals surface area contributed by atoms with Crippen molar-refractivity contribution in [2.75, 3.05) is 6.61 Å². The van der Waals surface area contributed by atoms with E-state index in [-0.39, 0.29) is 5.56 Å². The van der Waals surface area contributed by atoms with Crippen LogP contribution in [0.4, 0.5) is 13.2 Å². The highest BCUT2D eigenvalue weighted by Crippen LogP contribution is 2.35. The fraction of sp³-hybridized carbons (Fsp3) is 0.571. The third-order valence-electron chi connectivity index (χ3n) is 3.60. The summed E-state index contributed by atoms with van der Waals surface area (Å²) in [4.78, 5) is 0. The highest BCUT2D eigenvalue weighted by molar-refractivity contribution is 5.26. The first-order valence-electron chi connectivity index (χ1n) is 6.46. The first-order valence-corrected chi connectivity index (χ1v) is 6.46. The molecule has 2 nitrogen and oxygen atoms in total. The second-order valence-corrected chi connectivity index (χ2v) is 4.45. The van der Waals surface area contributed by atoms with E-state index in [1.165, 1.54) is 6.07 Å². The highest BCUT2D eigenvalue weighted by Gasteiger charge is 2.37. The Morgan fingerprint density at radius 2 is 1.68 bits per heavy atom. The van der Waals surface area contributed by atoms with E-state index in [4.69, 9.17) is 10.5 Å². The normalized spacial score (nSPS) is 13.6. The Balaban J connectivity index is 3.24. The molecule has 1 atom stereocenters. The van der Waals surface area contributed by atoms with Crippen molar-refractivity contribution in [2.24, 2.45) is 5.73 Å². The summed E-state index contributed by atoms with van der Waals surface area (Å²) in [5.41, 5.74) is 5.21. The predicted octanol–water partition coefficient (Wildman–Crippen LogP) is 3.70. The van der Waals surface area contributed by atoms with Gasteiger partial charge in [0.15, 0.2) is 17.5 Å². The summed E-state index contributed by atoms with van der Waals surface area (Å²) >= 11 is 0. The fourth-order valence-corrected chi connectivity index (χ4v) is 2.34. The van der Waals surface area contributed by atoms with Crippen molar-refractivity contribution >= 4 is 0 Å². The van der Waals surface area contributed by atoms with E-state index in [0.29, 0.717) is 19.4 Å². The summed E-state index contributed by atoms with van der Waals surface area (Å²) in [6.07, 6.45) is 1.11. The predicted molar refractivity (Wildman–Crippen MR) is 68.2 cm³/mol. The van der Waals surface area contributed by atoms with Crippen LogP contribution >= 0.6 is 0 Å². The Hall–Kier alpha value is -1.07. The average molecular weight is 275 g/mol. The van der Waals surface area contributed by atoms with Gasteiger partial charge in [0.2, 0.25) is 0 Å². The maximum atomic E-state index is 13.8. The third-order valence-corrected chi connectivity index (χ3v) is 3.60. The minimum absolute atomic E-state index is 0.0592. The molecule has 19 heavy (non-hydrogen) atoms. The molecule has 0 heterocycles. The van der Waals surface area contributed by atoms with Crippen molar-refractivity contribution in [3.63, 3.8) is 0 Å². The van der Waals surface area contributed by atoms with E-state index in [1.807, 2.05) is 20.8 Å². The van der Waals surface area contributed by atoms with E-state index >= 15 is 0 Å². The largest absolute Gasteiger partial charge is 0.373 e. The number of ether oxygens (including phenoxy) is 1. The minimum Gasteiger partial charge on any atom is -0.373 e. The van der Waals surface area contributed by atoms with Crippen molar-refractivity contribution in [1.82, 2.24) is 0 Å². The Labute approximate surface area is 111 Å². The zero-order valence-electron chi connectivity index (χ0n) is 11.5. The lowest BCUT2D eigenvalue weighted by molar-refractivity contribution is -0.0653. The zero-order chi connectivity index (χ0) is 14.6. The molecular weight excluding hydrogens is 255 g/mol. The zero-order valence-corrected chi connectivity index (χ0v) is 11.5. The molecule has 0 aliphatic carbocycles. The molecule has 1 aromatic carbocycles. The maximum Gasteiger partial charge on any atom is 0.194 e. The lowest BCUT2D eigenvalue weighted by atomic mass is 9.84. The molecular formula is C14H20F3NO. The van der Waals surface area contributed by atoms with Crippen LogP contribution in [0, 0.1) is 17.5 Å². The molecule has 0 radical (unpaired) electrons. The molecule has 1 aromatic rings. The quantitative estimate of drug-likeness (QED) is 0.803. The lowest BCUT2D eigenvalue weighted by Crippen LogP contribution is -2.43. The second-order valence-electron chi connectivity index (χ2n) is 4.45. The monoisotopic (exact) mass is 275 g/mol. The van der Waals surface area contributed by atoms with Gasteiger partial charge in [-0.3, -0.25) is 0 Å². The van der Waals surface area contributed by atoms with Crippen LogP contribution in [0.5, 0.6) is 0 Å². The first-order chi connectivity index (χ1) is 8.93. The van der Waals surface area contributed by atoms with Gasteiger partial charge in [-0.25, -0.2) is 13.2 Å². The van der Waals surface area contributed by atoms with Gasteiger partial charge in [-0.15, -0.1) is 0 Å². The number of nitrogens with two attached hydrogens (primary N) is 1. The van der Waals surface area contributed by atoms with E-state index in [0.717, 1.165) is 6.07 Å². The Bertz CT molecular complexity index is 433. The van der Waals surface area contributed by atoms with Crippen LogP contribution in [0.3, 0.4) is 0 Å². The molecule has 0 aliphatic heterocycles. The maximum absolute atomic E-state index is 13.8. The van der Waals surface area contributed by atoms with E-state index < -0.39 is 29.1 Å². The fourth-order valence-electron chi connectivity index (χ4n) is 2.34. The van der Waals surface area contributed by atoms with E-state index in [1.54, 1.807) is 0 Å². The number of rotatable bonds is 6. The molecule has 2 N–H and O–H groups in total. The Morgan fingerprint density at radius 1 is 1.11 bits per heavy atom. The molecule has 0 saturated carbocycles. The van der Waals surface area contributed by atoms with E-state index in [2.05, 4.69) is 0 Å². The number of hydrogen-bond acceptors (Lipinski definition) is 2. The van der Waals surface area contributed by atoms with Crippen LogP contribution in [-0.4, -0.2) is 12.2 Å². The van der Waals surface area contributed by atoms with Gasteiger partial charge in [-0.05, 0) is 25.8 Å². The summed E-state index contributed by atoms with van der Waals surface area (Å²) in [7, 11) is 0. The molecule has 108 valence electrons. The van der Waals surface area contributed by atoms with Crippen molar-refractivity contribution in [2.45, 2.75) is 45.3 Å². The van der Waals surface area contributed by atoms with Gasteiger partial charge in [0.1, 0.15) is 0 Å². The van der Waals surface area contributed by atoms with Gasteiger partial charge in [-0.1, -0.05) is 19.9 Å². The number of hydrogen-bond donors (Lipinski definition) is 1. The van der Waals surface area contributed by atoms with Crippen LogP contribution < -0.4 is 5.73 Å². The van der Waals surface area contributed by atoms with Crippen molar-refractivity contribution < 1.29 is 17.9 Å². The smallest absolute Gasteiger partial charge is 0.194 e. The average Bonchev–Trinajstić information content (AvgIpc) is 2.42. The molecule has 5 heteroatoms. The van der Waals surface area contributed by atoms with Crippen LogP contribution in [0.2, 0.25) is 0 Å². The van der Waals surface area contributed by atoms with Crippen LogP contribution in [0.15, 0.2) is 12.1 Å². The standard InChI is InChI=1S/C14H20F3NO/c1-4-14(5-2,19-6-3)13(18)9-7-8-10(15)12(17)11(9)16/h7-8,13H,4-6,18H2,1-3H3. The summed E-state index contributed by atoms with van der Waals surface area (Å²) in [5, 5.41) is 0. The molecule has 0 bridgehead atoms. The summed E-state index contributed by atoms with van der Waals surface area (Å²) < 4.78 is 45.7. The topological polar surface area (TPSA) is 35.2 Å². The van der Waals surface area contributed by atoms with Crippen molar-refractivity contribution in [1.29, 1.82) is 0 Å². The van der Waals surface area contributed by atoms with Crippen LogP contribution in [0.25, 0.3) is 0 Å². The third kappa shape index (κ3) is 2.92. The number of halogens is 3. The molecule has 0 spiro atoms. The first kappa shape index (κ1) is 16.0. The molecule has 1 unspecified atom stereocenters. The van der Waals surface area contributed by atoms with Gasteiger partial charge in [-0.2, -0.15) is 0 Å². The molecule has 0 fully saturated rings. The second kappa shape index (κ2) is 6.39.